The molecule has 0 fully saturated rings. The molecule has 1 aromatic heterocycles. The second kappa shape index (κ2) is 5.34. The number of hydrogen-bond acceptors (Lipinski definition) is 4. The quantitative estimate of drug-likeness (QED) is 0.805. The van der Waals surface area contributed by atoms with Crippen LogP contribution >= 0.6 is 0 Å². The van der Waals surface area contributed by atoms with E-state index < -0.39 is 0 Å². The van der Waals surface area contributed by atoms with Crippen LogP contribution in [-0.4, -0.2) is 28.8 Å². The zero-order valence-electron chi connectivity index (χ0n) is 10.8. The predicted molar refractivity (Wildman–Crippen MR) is 74.2 cm³/mol. The van der Waals surface area contributed by atoms with Gasteiger partial charge in [0.25, 0.3) is 5.91 Å². The molecular weight excluding hydrogens is 242 g/mol. The van der Waals surface area contributed by atoms with Gasteiger partial charge in [0.15, 0.2) is 0 Å². The van der Waals surface area contributed by atoms with E-state index in [-0.39, 0.29) is 5.91 Å². The van der Waals surface area contributed by atoms with E-state index in [4.69, 9.17) is 5.73 Å². The SMILES string of the molecule is CNC(=O)c1cccc(C=Nn2cc(C)nc2N)c1. The second-order valence-electron chi connectivity index (χ2n) is 4.03. The molecule has 0 saturated carbocycles. The van der Waals surface area contributed by atoms with Gasteiger partial charge in [-0.3, -0.25) is 4.79 Å². The fourth-order valence-corrected chi connectivity index (χ4v) is 1.63. The normalized spacial score (nSPS) is 10.8. The van der Waals surface area contributed by atoms with Gasteiger partial charge in [0, 0.05) is 12.6 Å². The molecule has 1 heterocycles. The van der Waals surface area contributed by atoms with E-state index in [0.717, 1.165) is 11.3 Å². The van der Waals surface area contributed by atoms with Gasteiger partial charge < -0.3 is 11.1 Å². The third-order valence-electron chi connectivity index (χ3n) is 2.54. The zero-order valence-corrected chi connectivity index (χ0v) is 10.8. The second-order valence-corrected chi connectivity index (χ2v) is 4.03. The highest BCUT2D eigenvalue weighted by Gasteiger charge is 2.03. The van der Waals surface area contributed by atoms with E-state index in [0.29, 0.717) is 11.5 Å². The fraction of sp³-hybridized carbons (Fsp3) is 0.154. The van der Waals surface area contributed by atoms with Gasteiger partial charge in [-0.2, -0.15) is 5.10 Å². The highest BCUT2D eigenvalue weighted by Crippen LogP contribution is 2.06. The van der Waals surface area contributed by atoms with E-state index in [1.807, 2.05) is 13.0 Å². The lowest BCUT2D eigenvalue weighted by atomic mass is 10.1. The predicted octanol–water partition coefficient (Wildman–Crippen LogP) is 1.02. The minimum atomic E-state index is -0.131. The highest BCUT2D eigenvalue weighted by molar-refractivity contribution is 5.95. The van der Waals surface area contributed by atoms with Crippen molar-refractivity contribution in [2.24, 2.45) is 5.10 Å². The van der Waals surface area contributed by atoms with Gasteiger partial charge in [-0.05, 0) is 24.6 Å². The maximum Gasteiger partial charge on any atom is 0.251 e. The van der Waals surface area contributed by atoms with Gasteiger partial charge in [0.1, 0.15) is 0 Å². The molecular formula is C13H15N5O. The number of anilines is 1. The number of nitrogens with one attached hydrogen (secondary N) is 1. The number of benzene rings is 1. The molecule has 6 nitrogen and oxygen atoms in total. The van der Waals surface area contributed by atoms with Gasteiger partial charge in [0.2, 0.25) is 5.95 Å². The van der Waals surface area contributed by atoms with Crippen molar-refractivity contribution >= 4 is 18.1 Å². The lowest BCUT2D eigenvalue weighted by Crippen LogP contribution is -2.17. The van der Waals surface area contributed by atoms with Crippen LogP contribution in [0.15, 0.2) is 35.6 Å². The van der Waals surface area contributed by atoms with Crippen LogP contribution < -0.4 is 11.1 Å². The number of nitrogens with two attached hydrogens (primary N) is 1. The fourth-order valence-electron chi connectivity index (χ4n) is 1.63. The Labute approximate surface area is 111 Å². The van der Waals surface area contributed by atoms with Crippen LogP contribution in [0.25, 0.3) is 0 Å². The topological polar surface area (TPSA) is 85.3 Å². The average Bonchev–Trinajstić information content (AvgIpc) is 2.74. The van der Waals surface area contributed by atoms with E-state index in [1.165, 1.54) is 4.68 Å². The van der Waals surface area contributed by atoms with Crippen molar-refractivity contribution in [2.75, 3.05) is 12.8 Å². The molecule has 98 valence electrons. The van der Waals surface area contributed by atoms with Crippen molar-refractivity contribution < 1.29 is 4.79 Å². The third-order valence-corrected chi connectivity index (χ3v) is 2.54. The molecule has 0 aliphatic carbocycles. The molecule has 0 unspecified atom stereocenters. The van der Waals surface area contributed by atoms with Crippen molar-refractivity contribution in [3.63, 3.8) is 0 Å². The molecule has 1 amide bonds. The Balaban J connectivity index is 2.24. The number of imidazole rings is 1. The molecule has 19 heavy (non-hydrogen) atoms. The molecule has 3 N–H and O–H groups in total. The Morgan fingerprint density at radius 2 is 2.32 bits per heavy atom. The van der Waals surface area contributed by atoms with Crippen LogP contribution in [0.5, 0.6) is 0 Å². The van der Waals surface area contributed by atoms with Crippen molar-refractivity contribution in [3.8, 4) is 0 Å². The standard InChI is InChI=1S/C13H15N5O/c1-9-8-18(13(14)17-9)16-7-10-4-3-5-11(6-10)12(19)15-2/h3-8H,1-2H3,(H2,14,17)(H,15,19). The first kappa shape index (κ1) is 12.8. The molecule has 2 rings (SSSR count). The number of carbonyl (C=O) groups excluding carboxylic acids is 1. The zero-order chi connectivity index (χ0) is 13.8. The maximum absolute atomic E-state index is 11.5. The Bertz CT molecular complexity index is 630. The number of rotatable bonds is 3. The number of nitrogen functional groups attached to an aromatic ring is 1. The summed E-state index contributed by atoms with van der Waals surface area (Å²) in [6, 6.07) is 7.15. The van der Waals surface area contributed by atoms with Crippen molar-refractivity contribution in [3.05, 3.63) is 47.3 Å². The summed E-state index contributed by atoms with van der Waals surface area (Å²) in [7, 11) is 1.60. The third kappa shape index (κ3) is 2.98. The first-order valence-corrected chi connectivity index (χ1v) is 5.78. The minimum Gasteiger partial charge on any atom is -0.368 e. The lowest BCUT2D eigenvalue weighted by Gasteiger charge is -2.00. The summed E-state index contributed by atoms with van der Waals surface area (Å²) < 4.78 is 1.49. The molecule has 0 aliphatic heterocycles. The number of carbonyl (C=O) groups is 1. The van der Waals surface area contributed by atoms with Crippen molar-refractivity contribution in [1.29, 1.82) is 0 Å². The molecule has 0 radical (unpaired) electrons. The largest absolute Gasteiger partial charge is 0.368 e. The van der Waals surface area contributed by atoms with Crippen molar-refractivity contribution in [2.45, 2.75) is 6.92 Å². The summed E-state index contributed by atoms with van der Waals surface area (Å²) in [5.74, 6) is 0.199. The maximum atomic E-state index is 11.5. The Hall–Kier alpha value is -2.63. The van der Waals surface area contributed by atoms with Gasteiger partial charge >= 0.3 is 0 Å². The number of nitrogens with zero attached hydrogens (tertiary/aromatic N) is 3. The highest BCUT2D eigenvalue weighted by atomic mass is 16.1. The van der Waals surface area contributed by atoms with E-state index in [1.54, 1.807) is 37.7 Å². The van der Waals surface area contributed by atoms with Crippen LogP contribution in [0.4, 0.5) is 5.95 Å². The van der Waals surface area contributed by atoms with Gasteiger partial charge in [0.05, 0.1) is 18.1 Å². The van der Waals surface area contributed by atoms with Gasteiger partial charge in [-0.25, -0.2) is 9.66 Å². The molecule has 6 heteroatoms. The first-order chi connectivity index (χ1) is 9.10. The van der Waals surface area contributed by atoms with Crippen LogP contribution in [-0.2, 0) is 0 Å². The molecule has 0 saturated heterocycles. The number of aromatic nitrogens is 2. The summed E-state index contributed by atoms with van der Waals surface area (Å²) in [5, 5.41) is 6.77. The first-order valence-electron chi connectivity index (χ1n) is 5.78. The van der Waals surface area contributed by atoms with Gasteiger partial charge in [-0.15, -0.1) is 0 Å². The summed E-state index contributed by atoms with van der Waals surface area (Å²) >= 11 is 0. The minimum absolute atomic E-state index is 0.131. The van der Waals surface area contributed by atoms with E-state index in [2.05, 4.69) is 15.4 Å². The summed E-state index contributed by atoms with van der Waals surface area (Å²) in [6.45, 7) is 1.84. The average molecular weight is 257 g/mol. The Morgan fingerprint density at radius 3 is 2.95 bits per heavy atom. The number of hydrogen-bond donors (Lipinski definition) is 2. The number of aryl methyl sites for hydroxylation is 1. The molecule has 0 spiro atoms. The molecule has 2 aromatic rings. The Kier molecular flexibility index (Phi) is 3.61. The summed E-state index contributed by atoms with van der Waals surface area (Å²) in [5.41, 5.74) is 7.88. The Morgan fingerprint density at radius 1 is 1.53 bits per heavy atom. The number of amides is 1. The lowest BCUT2D eigenvalue weighted by molar-refractivity contribution is 0.0963. The molecule has 1 aromatic carbocycles. The van der Waals surface area contributed by atoms with E-state index in [9.17, 15) is 4.79 Å². The summed E-state index contributed by atoms with van der Waals surface area (Å²) in [6.07, 6.45) is 3.36. The van der Waals surface area contributed by atoms with Crippen LogP contribution in [0.2, 0.25) is 0 Å². The van der Waals surface area contributed by atoms with Crippen LogP contribution in [0.3, 0.4) is 0 Å². The van der Waals surface area contributed by atoms with E-state index >= 15 is 0 Å². The van der Waals surface area contributed by atoms with Crippen LogP contribution in [0.1, 0.15) is 21.6 Å². The summed E-state index contributed by atoms with van der Waals surface area (Å²) in [4.78, 5) is 15.6. The molecule has 0 aliphatic rings. The van der Waals surface area contributed by atoms with Crippen molar-refractivity contribution in [1.82, 2.24) is 15.0 Å². The van der Waals surface area contributed by atoms with Gasteiger partial charge in [-0.1, -0.05) is 12.1 Å². The monoisotopic (exact) mass is 257 g/mol. The van der Waals surface area contributed by atoms with Crippen LogP contribution in [0, 0.1) is 6.92 Å². The molecule has 0 bridgehead atoms. The molecule has 0 atom stereocenters. The smallest absolute Gasteiger partial charge is 0.251 e.